The van der Waals surface area contributed by atoms with Crippen molar-refractivity contribution < 1.29 is 4.79 Å². The van der Waals surface area contributed by atoms with Crippen LogP contribution >= 0.6 is 11.8 Å². The zero-order valence-corrected chi connectivity index (χ0v) is 12.8. The standard InChI is InChI=1S/C16H22N2OS/c1-12(16(19)18-9-7-17-8-10-18)20-15-6-5-13-3-2-4-14(13)11-15/h5-6,11-12,17H,2-4,7-10H2,1H3. The number of nitrogens with zero attached hydrogens (tertiary/aromatic N) is 1. The Bertz CT molecular complexity index is 497. The molecule has 1 fully saturated rings. The number of piperazine rings is 1. The van der Waals surface area contributed by atoms with Crippen LogP contribution in [0.5, 0.6) is 0 Å². The zero-order valence-electron chi connectivity index (χ0n) is 12.0. The highest BCUT2D eigenvalue weighted by Crippen LogP contribution is 2.30. The largest absolute Gasteiger partial charge is 0.339 e. The molecule has 108 valence electrons. The van der Waals surface area contributed by atoms with E-state index in [9.17, 15) is 4.79 Å². The molecule has 1 aromatic carbocycles. The Balaban J connectivity index is 1.63. The molecule has 0 spiro atoms. The maximum absolute atomic E-state index is 12.4. The first-order valence-electron chi connectivity index (χ1n) is 7.52. The van der Waals surface area contributed by atoms with Crippen LogP contribution in [0.1, 0.15) is 24.5 Å². The molecule has 1 N–H and O–H groups in total. The first-order valence-corrected chi connectivity index (χ1v) is 8.40. The summed E-state index contributed by atoms with van der Waals surface area (Å²) >= 11 is 1.70. The normalized spacial score (nSPS) is 19.8. The van der Waals surface area contributed by atoms with Gasteiger partial charge in [0.05, 0.1) is 5.25 Å². The molecule has 1 unspecified atom stereocenters. The van der Waals surface area contributed by atoms with E-state index in [2.05, 4.69) is 23.5 Å². The molecular weight excluding hydrogens is 268 g/mol. The molecule has 4 heteroatoms. The predicted octanol–water partition coefficient (Wildman–Crippen LogP) is 2.09. The average Bonchev–Trinajstić information content (AvgIpc) is 2.95. The van der Waals surface area contributed by atoms with Crippen LogP contribution in [0.3, 0.4) is 0 Å². The van der Waals surface area contributed by atoms with E-state index in [0.717, 1.165) is 26.2 Å². The number of amides is 1. The lowest BCUT2D eigenvalue weighted by molar-refractivity contribution is -0.130. The fraction of sp³-hybridized carbons (Fsp3) is 0.562. The second-order valence-electron chi connectivity index (χ2n) is 5.62. The summed E-state index contributed by atoms with van der Waals surface area (Å²) in [4.78, 5) is 15.6. The highest BCUT2D eigenvalue weighted by Gasteiger charge is 2.23. The van der Waals surface area contributed by atoms with E-state index < -0.39 is 0 Å². The lowest BCUT2D eigenvalue weighted by Gasteiger charge is -2.29. The van der Waals surface area contributed by atoms with E-state index in [4.69, 9.17) is 0 Å². The van der Waals surface area contributed by atoms with Crippen molar-refractivity contribution >= 4 is 17.7 Å². The molecule has 1 atom stereocenters. The second kappa shape index (κ2) is 6.19. The van der Waals surface area contributed by atoms with E-state index in [1.807, 2.05) is 11.8 Å². The fourth-order valence-electron chi connectivity index (χ4n) is 3.02. The van der Waals surface area contributed by atoms with Crippen LogP contribution in [0.15, 0.2) is 23.1 Å². The van der Waals surface area contributed by atoms with Gasteiger partial charge in [-0.05, 0) is 49.4 Å². The van der Waals surface area contributed by atoms with Crippen LogP contribution in [0, 0.1) is 0 Å². The van der Waals surface area contributed by atoms with E-state index in [1.165, 1.54) is 35.3 Å². The van der Waals surface area contributed by atoms with Gasteiger partial charge in [0.15, 0.2) is 0 Å². The van der Waals surface area contributed by atoms with E-state index in [1.54, 1.807) is 11.8 Å². The van der Waals surface area contributed by atoms with Gasteiger partial charge >= 0.3 is 0 Å². The molecule has 20 heavy (non-hydrogen) atoms. The Labute approximate surface area is 125 Å². The number of rotatable bonds is 3. The highest BCUT2D eigenvalue weighted by molar-refractivity contribution is 8.00. The van der Waals surface area contributed by atoms with Crippen molar-refractivity contribution in [2.24, 2.45) is 0 Å². The van der Waals surface area contributed by atoms with E-state index >= 15 is 0 Å². The topological polar surface area (TPSA) is 32.3 Å². The third kappa shape index (κ3) is 3.01. The smallest absolute Gasteiger partial charge is 0.235 e. The molecule has 1 saturated heterocycles. The molecule has 3 nitrogen and oxygen atoms in total. The van der Waals surface area contributed by atoms with Crippen molar-refractivity contribution in [3.8, 4) is 0 Å². The lowest BCUT2D eigenvalue weighted by atomic mass is 10.1. The molecule has 1 heterocycles. The number of hydrogen-bond donors (Lipinski definition) is 1. The maximum Gasteiger partial charge on any atom is 0.235 e. The summed E-state index contributed by atoms with van der Waals surface area (Å²) in [5.41, 5.74) is 2.98. The number of fused-ring (bicyclic) bond motifs is 1. The summed E-state index contributed by atoms with van der Waals surface area (Å²) in [6.07, 6.45) is 3.69. The molecule has 0 saturated carbocycles. The van der Waals surface area contributed by atoms with Crippen molar-refractivity contribution in [1.82, 2.24) is 10.2 Å². The van der Waals surface area contributed by atoms with Crippen LogP contribution in [-0.4, -0.2) is 42.2 Å². The van der Waals surface area contributed by atoms with E-state index in [-0.39, 0.29) is 11.2 Å². The molecule has 1 amide bonds. The molecule has 0 bridgehead atoms. The number of carbonyl (C=O) groups excluding carboxylic acids is 1. The minimum absolute atomic E-state index is 0.00699. The molecule has 0 aromatic heterocycles. The summed E-state index contributed by atoms with van der Waals surface area (Å²) in [5.74, 6) is 0.275. The third-order valence-corrected chi connectivity index (χ3v) is 5.24. The van der Waals surface area contributed by atoms with Gasteiger partial charge in [-0.25, -0.2) is 0 Å². The summed E-state index contributed by atoms with van der Waals surface area (Å²) in [6.45, 7) is 5.55. The quantitative estimate of drug-likeness (QED) is 0.865. The summed E-state index contributed by atoms with van der Waals surface area (Å²) in [7, 11) is 0. The Hall–Kier alpha value is -1.00. The van der Waals surface area contributed by atoms with Gasteiger partial charge < -0.3 is 10.2 Å². The Morgan fingerprint density at radius 1 is 1.25 bits per heavy atom. The number of carbonyl (C=O) groups is 1. The first-order chi connectivity index (χ1) is 9.74. The monoisotopic (exact) mass is 290 g/mol. The van der Waals surface area contributed by atoms with Crippen LogP contribution < -0.4 is 5.32 Å². The number of aryl methyl sites for hydroxylation is 2. The minimum atomic E-state index is 0.00699. The van der Waals surface area contributed by atoms with Crippen LogP contribution in [0.4, 0.5) is 0 Å². The SMILES string of the molecule is CC(Sc1ccc2c(c1)CCC2)C(=O)N1CCNCC1. The first kappa shape index (κ1) is 14.0. The number of hydrogen-bond acceptors (Lipinski definition) is 3. The molecule has 1 aromatic rings. The van der Waals surface area contributed by atoms with Gasteiger partial charge in [-0.1, -0.05) is 6.07 Å². The molecule has 3 rings (SSSR count). The molecular formula is C16H22N2OS. The molecule has 1 aliphatic carbocycles. The lowest BCUT2D eigenvalue weighted by Crippen LogP contribution is -2.48. The van der Waals surface area contributed by atoms with E-state index in [0.29, 0.717) is 0 Å². The van der Waals surface area contributed by atoms with Crippen LogP contribution in [0.2, 0.25) is 0 Å². The van der Waals surface area contributed by atoms with Crippen molar-refractivity contribution in [2.45, 2.75) is 36.3 Å². The van der Waals surface area contributed by atoms with Gasteiger partial charge in [0.2, 0.25) is 5.91 Å². The molecule has 2 aliphatic rings. The summed E-state index contributed by atoms with van der Waals surface area (Å²) < 4.78 is 0. The Morgan fingerprint density at radius 3 is 2.80 bits per heavy atom. The average molecular weight is 290 g/mol. The predicted molar refractivity (Wildman–Crippen MR) is 83.2 cm³/mol. The van der Waals surface area contributed by atoms with Gasteiger partial charge in [0.1, 0.15) is 0 Å². The third-order valence-electron chi connectivity index (χ3n) is 4.16. The van der Waals surface area contributed by atoms with Crippen molar-refractivity contribution in [3.63, 3.8) is 0 Å². The van der Waals surface area contributed by atoms with Gasteiger partial charge in [-0.2, -0.15) is 0 Å². The molecule has 0 radical (unpaired) electrons. The van der Waals surface area contributed by atoms with Gasteiger partial charge in [-0.3, -0.25) is 4.79 Å². The van der Waals surface area contributed by atoms with Crippen molar-refractivity contribution in [3.05, 3.63) is 29.3 Å². The minimum Gasteiger partial charge on any atom is -0.339 e. The molecule has 1 aliphatic heterocycles. The maximum atomic E-state index is 12.4. The summed E-state index contributed by atoms with van der Waals surface area (Å²) in [6, 6.07) is 6.71. The summed E-state index contributed by atoms with van der Waals surface area (Å²) in [5, 5.41) is 3.29. The number of thioether (sulfide) groups is 1. The van der Waals surface area contributed by atoms with Crippen molar-refractivity contribution in [2.75, 3.05) is 26.2 Å². The fourth-order valence-corrected chi connectivity index (χ4v) is 4.03. The van der Waals surface area contributed by atoms with Crippen molar-refractivity contribution in [1.29, 1.82) is 0 Å². The van der Waals surface area contributed by atoms with Gasteiger partial charge in [0, 0.05) is 31.1 Å². The van der Waals surface area contributed by atoms with Crippen LogP contribution in [0.25, 0.3) is 0 Å². The van der Waals surface area contributed by atoms with Gasteiger partial charge in [0.25, 0.3) is 0 Å². The zero-order chi connectivity index (χ0) is 13.9. The number of benzene rings is 1. The number of nitrogens with one attached hydrogen (secondary N) is 1. The van der Waals surface area contributed by atoms with Crippen LogP contribution in [-0.2, 0) is 17.6 Å². The van der Waals surface area contributed by atoms with Gasteiger partial charge in [-0.15, -0.1) is 11.8 Å². The Kier molecular flexibility index (Phi) is 4.32. The highest BCUT2D eigenvalue weighted by atomic mass is 32.2. The Morgan fingerprint density at radius 2 is 2.00 bits per heavy atom. The second-order valence-corrected chi connectivity index (χ2v) is 7.03.